The Labute approximate surface area is 225 Å². The van der Waals surface area contributed by atoms with Gasteiger partial charge in [0.15, 0.2) is 5.17 Å². The first-order valence-corrected chi connectivity index (χ1v) is 13.2. The summed E-state index contributed by atoms with van der Waals surface area (Å²) in [5.74, 6) is -0.0747. The van der Waals surface area contributed by atoms with Gasteiger partial charge in [0.25, 0.3) is 5.91 Å². The number of aryl methyl sites for hydroxylation is 1. The van der Waals surface area contributed by atoms with Gasteiger partial charge in [-0.3, -0.25) is 9.69 Å². The summed E-state index contributed by atoms with van der Waals surface area (Å²) in [6.45, 7) is 7.29. The summed E-state index contributed by atoms with van der Waals surface area (Å²) in [6.07, 6.45) is 1.92. The molecule has 3 heterocycles. The number of hydrogen-bond donors (Lipinski definition) is 0. The number of amidine groups is 1. The van der Waals surface area contributed by atoms with Gasteiger partial charge < -0.3 is 14.2 Å². The number of nitrogens with zero attached hydrogens (tertiary/aromatic N) is 4. The van der Waals surface area contributed by atoms with Crippen LogP contribution < -0.4 is 4.90 Å². The summed E-state index contributed by atoms with van der Waals surface area (Å²) in [5, 5.41) is 1.88. The number of carbonyl (C=O) groups excluding carboxylic acids is 1. The van der Waals surface area contributed by atoms with E-state index in [0.717, 1.165) is 60.3 Å². The summed E-state index contributed by atoms with van der Waals surface area (Å²) < 4.78 is 7.49. The van der Waals surface area contributed by atoms with E-state index < -0.39 is 0 Å². The fourth-order valence-electron chi connectivity index (χ4n) is 4.42. The van der Waals surface area contributed by atoms with Crippen molar-refractivity contribution in [2.75, 3.05) is 38.3 Å². The van der Waals surface area contributed by atoms with Crippen molar-refractivity contribution in [2.24, 2.45) is 4.99 Å². The molecule has 0 radical (unpaired) electrons. The van der Waals surface area contributed by atoms with Crippen molar-refractivity contribution in [1.29, 1.82) is 0 Å². The Hall–Kier alpha value is -2.71. The summed E-state index contributed by atoms with van der Waals surface area (Å²) >= 11 is 14.1. The van der Waals surface area contributed by atoms with E-state index in [-0.39, 0.29) is 5.91 Å². The molecule has 0 bridgehead atoms. The molecule has 0 aliphatic carbocycles. The molecule has 2 aliphatic rings. The Morgan fingerprint density at radius 2 is 1.75 bits per heavy atom. The summed E-state index contributed by atoms with van der Waals surface area (Å²) in [6, 6.07) is 15.6. The number of benzene rings is 2. The smallest absolute Gasteiger partial charge is 0.266 e. The molecular weight excluding hydrogens is 515 g/mol. The van der Waals surface area contributed by atoms with Crippen LogP contribution >= 0.6 is 35.0 Å². The Morgan fingerprint density at radius 1 is 1.03 bits per heavy atom. The number of aliphatic imine (C=N–C) groups is 1. The van der Waals surface area contributed by atoms with Crippen molar-refractivity contribution in [1.82, 2.24) is 9.47 Å². The highest BCUT2D eigenvalue weighted by molar-refractivity contribution is 8.18. The van der Waals surface area contributed by atoms with Crippen LogP contribution in [0.25, 0.3) is 11.8 Å². The minimum Gasteiger partial charge on any atom is -0.378 e. The highest BCUT2D eigenvalue weighted by atomic mass is 35.5. The SMILES string of the molecule is Cc1cc(C=C2SC(=Nc3ccc(N4CCOCC4)cc3)N(C)C2=O)c(C)n1-c1cc(Cl)ccc1Cl. The fraction of sp³-hybridized carbons (Fsp3) is 0.259. The number of hydrogen-bond acceptors (Lipinski definition) is 5. The van der Waals surface area contributed by atoms with Crippen LogP contribution in [-0.2, 0) is 9.53 Å². The largest absolute Gasteiger partial charge is 0.378 e. The van der Waals surface area contributed by atoms with E-state index >= 15 is 0 Å². The number of ether oxygens (including phenoxy) is 1. The summed E-state index contributed by atoms with van der Waals surface area (Å²) in [4.78, 5) is 22.3. The van der Waals surface area contributed by atoms with Gasteiger partial charge in [0.1, 0.15) is 0 Å². The zero-order chi connectivity index (χ0) is 25.4. The molecule has 3 aromatic rings. The van der Waals surface area contributed by atoms with E-state index in [9.17, 15) is 4.79 Å². The highest BCUT2D eigenvalue weighted by Crippen LogP contribution is 2.36. The second-order valence-electron chi connectivity index (χ2n) is 8.74. The predicted molar refractivity (Wildman–Crippen MR) is 150 cm³/mol. The number of rotatable bonds is 4. The number of anilines is 1. The van der Waals surface area contributed by atoms with E-state index in [2.05, 4.69) is 21.6 Å². The first kappa shape index (κ1) is 25.0. The first-order valence-electron chi connectivity index (χ1n) is 11.7. The number of halogens is 2. The van der Waals surface area contributed by atoms with Gasteiger partial charge in [0.2, 0.25) is 0 Å². The van der Waals surface area contributed by atoms with Gasteiger partial charge in [-0.15, -0.1) is 0 Å². The maximum atomic E-state index is 13.0. The highest BCUT2D eigenvalue weighted by Gasteiger charge is 2.31. The molecule has 2 aliphatic heterocycles. The molecule has 36 heavy (non-hydrogen) atoms. The Balaban J connectivity index is 1.40. The van der Waals surface area contributed by atoms with Crippen LogP contribution in [0, 0.1) is 13.8 Å². The van der Waals surface area contributed by atoms with Gasteiger partial charge in [0, 0.05) is 42.2 Å². The quantitative estimate of drug-likeness (QED) is 0.355. The molecule has 2 aromatic carbocycles. The van der Waals surface area contributed by atoms with Crippen molar-refractivity contribution in [3.05, 3.63) is 80.4 Å². The fourth-order valence-corrected chi connectivity index (χ4v) is 5.77. The third-order valence-electron chi connectivity index (χ3n) is 6.36. The molecule has 186 valence electrons. The third kappa shape index (κ3) is 4.93. The van der Waals surface area contributed by atoms with Crippen LogP contribution in [0.5, 0.6) is 0 Å². The first-order chi connectivity index (χ1) is 17.3. The molecule has 9 heteroatoms. The van der Waals surface area contributed by atoms with Crippen molar-refractivity contribution in [2.45, 2.75) is 13.8 Å². The topological polar surface area (TPSA) is 50.1 Å². The molecular formula is C27H26Cl2N4O2S. The van der Waals surface area contributed by atoms with Crippen LogP contribution in [-0.4, -0.2) is 53.9 Å². The third-order valence-corrected chi connectivity index (χ3v) is 7.98. The van der Waals surface area contributed by atoms with E-state index in [1.54, 1.807) is 24.1 Å². The Kier molecular flexibility index (Phi) is 7.17. The lowest BCUT2D eigenvalue weighted by atomic mass is 10.2. The van der Waals surface area contributed by atoms with Gasteiger partial charge in [-0.05, 0) is 85.8 Å². The van der Waals surface area contributed by atoms with Crippen LogP contribution in [0.15, 0.2) is 58.4 Å². The number of morpholine rings is 1. The van der Waals surface area contributed by atoms with E-state index in [1.807, 2.05) is 44.2 Å². The van der Waals surface area contributed by atoms with Gasteiger partial charge in [-0.25, -0.2) is 4.99 Å². The number of likely N-dealkylation sites (N-methyl/N-ethyl adjacent to an activating group) is 1. The van der Waals surface area contributed by atoms with Crippen molar-refractivity contribution in [3.63, 3.8) is 0 Å². The second kappa shape index (κ2) is 10.3. The van der Waals surface area contributed by atoms with E-state index in [1.165, 1.54) is 11.8 Å². The number of amides is 1. The van der Waals surface area contributed by atoms with Crippen LogP contribution in [0.1, 0.15) is 17.0 Å². The van der Waals surface area contributed by atoms with Crippen LogP contribution in [0.3, 0.4) is 0 Å². The summed E-state index contributed by atoms with van der Waals surface area (Å²) in [7, 11) is 1.76. The molecule has 0 atom stereocenters. The standard InChI is InChI=1S/C27H26Cl2N4O2S/c1-17-14-19(18(2)33(17)24-16-20(28)4-9-23(24)29)15-25-26(34)31(3)27(36-25)30-21-5-7-22(8-6-21)32-10-12-35-13-11-32/h4-9,14-16H,10-13H2,1-3H3. The molecule has 1 aromatic heterocycles. The zero-order valence-electron chi connectivity index (χ0n) is 20.3. The zero-order valence-corrected chi connectivity index (χ0v) is 22.6. The van der Waals surface area contributed by atoms with Gasteiger partial charge in [-0.2, -0.15) is 0 Å². The van der Waals surface area contributed by atoms with Crippen molar-refractivity contribution < 1.29 is 9.53 Å². The average Bonchev–Trinajstić information content (AvgIpc) is 3.30. The molecule has 6 nitrogen and oxygen atoms in total. The van der Waals surface area contributed by atoms with Gasteiger partial charge >= 0.3 is 0 Å². The van der Waals surface area contributed by atoms with Crippen molar-refractivity contribution >= 4 is 63.5 Å². The lowest BCUT2D eigenvalue weighted by molar-refractivity contribution is -0.121. The lowest BCUT2D eigenvalue weighted by Crippen LogP contribution is -2.36. The maximum Gasteiger partial charge on any atom is 0.266 e. The molecule has 1 amide bonds. The van der Waals surface area contributed by atoms with E-state index in [0.29, 0.717) is 20.1 Å². The molecule has 0 saturated carbocycles. The maximum absolute atomic E-state index is 13.0. The molecule has 2 fully saturated rings. The Bertz CT molecular complexity index is 1380. The number of carbonyl (C=O) groups is 1. The van der Waals surface area contributed by atoms with Crippen LogP contribution in [0.2, 0.25) is 10.0 Å². The molecule has 0 spiro atoms. The normalized spacial score (nSPS) is 18.6. The monoisotopic (exact) mass is 540 g/mol. The lowest BCUT2D eigenvalue weighted by Gasteiger charge is -2.28. The van der Waals surface area contributed by atoms with Crippen LogP contribution in [0.4, 0.5) is 11.4 Å². The number of thioether (sulfide) groups is 1. The molecule has 5 rings (SSSR count). The molecule has 0 N–H and O–H groups in total. The molecule has 0 unspecified atom stereocenters. The predicted octanol–water partition coefficient (Wildman–Crippen LogP) is 6.47. The summed E-state index contributed by atoms with van der Waals surface area (Å²) in [5.41, 5.74) is 5.70. The Morgan fingerprint density at radius 3 is 2.47 bits per heavy atom. The second-order valence-corrected chi connectivity index (χ2v) is 10.6. The van der Waals surface area contributed by atoms with Gasteiger partial charge in [-0.1, -0.05) is 23.2 Å². The van der Waals surface area contributed by atoms with Crippen molar-refractivity contribution in [3.8, 4) is 5.69 Å². The number of aromatic nitrogens is 1. The minimum atomic E-state index is -0.0747. The van der Waals surface area contributed by atoms with Gasteiger partial charge in [0.05, 0.1) is 34.5 Å². The van der Waals surface area contributed by atoms with E-state index in [4.69, 9.17) is 32.9 Å². The average molecular weight is 542 g/mol. The molecule has 2 saturated heterocycles. The minimum absolute atomic E-state index is 0.0747.